The Morgan fingerprint density at radius 1 is 1.24 bits per heavy atom. The van der Waals surface area contributed by atoms with Gasteiger partial charge in [0.2, 0.25) is 5.91 Å². The lowest BCUT2D eigenvalue weighted by atomic mass is 10.0. The standard InChI is InChI=1S/C13H16N4O4/c1-14-11(18)10-8-6-7(12(19)21-3)4-5-9(8)16-17(10)13(20)15-2/h4-6,10,16H,1-3H3,(H,14,18)(H,15,20). The second-order valence-electron chi connectivity index (χ2n) is 4.35. The lowest BCUT2D eigenvalue weighted by Gasteiger charge is -2.22. The van der Waals surface area contributed by atoms with E-state index in [0.29, 0.717) is 16.8 Å². The van der Waals surface area contributed by atoms with Crippen LogP contribution >= 0.6 is 0 Å². The van der Waals surface area contributed by atoms with Gasteiger partial charge in [-0.15, -0.1) is 0 Å². The number of rotatable bonds is 2. The number of ether oxygens (including phenoxy) is 1. The molecule has 8 nitrogen and oxygen atoms in total. The zero-order chi connectivity index (χ0) is 15.6. The molecule has 0 saturated heterocycles. The quantitative estimate of drug-likeness (QED) is 0.678. The van der Waals surface area contributed by atoms with Crippen molar-refractivity contribution in [1.29, 1.82) is 0 Å². The number of nitrogens with zero attached hydrogens (tertiary/aromatic N) is 1. The lowest BCUT2D eigenvalue weighted by molar-refractivity contribution is -0.124. The predicted molar refractivity (Wildman–Crippen MR) is 74.5 cm³/mol. The van der Waals surface area contributed by atoms with E-state index in [-0.39, 0.29) is 5.91 Å². The van der Waals surface area contributed by atoms with E-state index in [1.165, 1.54) is 32.3 Å². The summed E-state index contributed by atoms with van der Waals surface area (Å²) in [6, 6.07) is 3.40. The molecule has 0 aliphatic carbocycles. The number of fused-ring (bicyclic) bond motifs is 1. The SMILES string of the molecule is CNC(=O)C1c2cc(C(=O)OC)ccc2NN1C(=O)NC. The number of hydrogen-bond acceptors (Lipinski definition) is 5. The summed E-state index contributed by atoms with van der Waals surface area (Å²) in [6.07, 6.45) is 0. The van der Waals surface area contributed by atoms with E-state index >= 15 is 0 Å². The minimum Gasteiger partial charge on any atom is -0.465 e. The van der Waals surface area contributed by atoms with Gasteiger partial charge in [-0.2, -0.15) is 0 Å². The zero-order valence-corrected chi connectivity index (χ0v) is 11.9. The van der Waals surface area contributed by atoms with Crippen LogP contribution in [0.4, 0.5) is 10.5 Å². The number of likely N-dealkylation sites (N-methyl/N-ethyl adjacent to an activating group) is 1. The van der Waals surface area contributed by atoms with E-state index < -0.39 is 18.0 Å². The van der Waals surface area contributed by atoms with E-state index in [0.717, 1.165) is 0 Å². The van der Waals surface area contributed by atoms with Crippen molar-refractivity contribution < 1.29 is 19.1 Å². The second-order valence-corrected chi connectivity index (χ2v) is 4.35. The molecular formula is C13H16N4O4. The number of esters is 1. The number of anilines is 1. The lowest BCUT2D eigenvalue weighted by Crippen LogP contribution is -2.45. The maximum absolute atomic E-state index is 12.1. The molecule has 1 aromatic rings. The molecule has 1 aliphatic heterocycles. The maximum atomic E-state index is 12.1. The van der Waals surface area contributed by atoms with Gasteiger partial charge >= 0.3 is 12.0 Å². The van der Waals surface area contributed by atoms with Crippen LogP contribution in [0.2, 0.25) is 0 Å². The number of benzene rings is 1. The number of carbonyl (C=O) groups is 3. The molecule has 0 fully saturated rings. The Hall–Kier alpha value is -2.77. The third kappa shape index (κ3) is 2.47. The van der Waals surface area contributed by atoms with Gasteiger partial charge in [-0.05, 0) is 18.2 Å². The number of methoxy groups -OCH3 is 1. The molecule has 0 saturated carbocycles. The van der Waals surface area contributed by atoms with Crippen molar-refractivity contribution in [2.75, 3.05) is 26.6 Å². The van der Waals surface area contributed by atoms with Gasteiger partial charge in [0.15, 0.2) is 6.04 Å². The first kappa shape index (κ1) is 14.6. The number of carbonyl (C=O) groups excluding carboxylic acids is 3. The number of amides is 3. The molecule has 1 unspecified atom stereocenters. The van der Waals surface area contributed by atoms with Gasteiger partial charge in [0.1, 0.15) is 0 Å². The van der Waals surface area contributed by atoms with Crippen LogP contribution in [0.3, 0.4) is 0 Å². The third-order valence-electron chi connectivity index (χ3n) is 3.19. The maximum Gasteiger partial charge on any atom is 0.337 e. The Kier molecular flexibility index (Phi) is 3.97. The Morgan fingerprint density at radius 3 is 2.52 bits per heavy atom. The summed E-state index contributed by atoms with van der Waals surface area (Å²) in [5.74, 6) is -0.876. The topological polar surface area (TPSA) is 99.8 Å². The summed E-state index contributed by atoms with van der Waals surface area (Å²) in [5, 5.41) is 6.13. The highest BCUT2D eigenvalue weighted by Crippen LogP contribution is 2.36. The number of urea groups is 1. The Morgan fingerprint density at radius 2 is 1.95 bits per heavy atom. The fourth-order valence-corrected chi connectivity index (χ4v) is 2.15. The molecule has 112 valence electrons. The summed E-state index contributed by atoms with van der Waals surface area (Å²) in [5.41, 5.74) is 4.27. The van der Waals surface area contributed by atoms with Crippen LogP contribution < -0.4 is 16.1 Å². The number of hydrogen-bond donors (Lipinski definition) is 3. The monoisotopic (exact) mass is 292 g/mol. The predicted octanol–water partition coefficient (Wildman–Crippen LogP) is 0.242. The largest absolute Gasteiger partial charge is 0.465 e. The molecule has 0 bridgehead atoms. The summed E-state index contributed by atoms with van der Waals surface area (Å²) < 4.78 is 4.66. The van der Waals surface area contributed by atoms with Crippen LogP contribution in [-0.4, -0.2) is 44.1 Å². The highest BCUT2D eigenvalue weighted by molar-refractivity contribution is 5.95. The second kappa shape index (κ2) is 5.70. The third-order valence-corrected chi connectivity index (χ3v) is 3.19. The van der Waals surface area contributed by atoms with Gasteiger partial charge in [-0.1, -0.05) is 0 Å². The molecule has 1 heterocycles. The van der Waals surface area contributed by atoms with E-state index in [1.807, 2.05) is 0 Å². The van der Waals surface area contributed by atoms with Gasteiger partial charge in [-0.3, -0.25) is 10.2 Å². The van der Waals surface area contributed by atoms with Crippen molar-refractivity contribution in [3.8, 4) is 0 Å². The van der Waals surface area contributed by atoms with E-state index in [1.54, 1.807) is 12.1 Å². The number of nitrogens with one attached hydrogen (secondary N) is 3. The highest BCUT2D eigenvalue weighted by atomic mass is 16.5. The fraction of sp³-hybridized carbons (Fsp3) is 0.308. The molecule has 1 aromatic carbocycles. The molecule has 21 heavy (non-hydrogen) atoms. The molecule has 0 aromatic heterocycles. The average Bonchev–Trinajstić information content (AvgIpc) is 2.90. The Bertz CT molecular complexity index is 602. The number of hydrazine groups is 1. The van der Waals surface area contributed by atoms with Crippen LogP contribution in [0.5, 0.6) is 0 Å². The highest BCUT2D eigenvalue weighted by Gasteiger charge is 2.38. The molecule has 2 rings (SSSR count). The van der Waals surface area contributed by atoms with Crippen molar-refractivity contribution >= 4 is 23.6 Å². The molecule has 0 spiro atoms. The smallest absolute Gasteiger partial charge is 0.337 e. The van der Waals surface area contributed by atoms with Crippen molar-refractivity contribution in [3.05, 3.63) is 29.3 Å². The molecule has 0 radical (unpaired) electrons. The van der Waals surface area contributed by atoms with Crippen LogP contribution in [0.1, 0.15) is 22.0 Å². The molecule has 1 aliphatic rings. The minimum atomic E-state index is -0.866. The van der Waals surface area contributed by atoms with Crippen LogP contribution in [0.25, 0.3) is 0 Å². The first-order valence-electron chi connectivity index (χ1n) is 6.25. The molecule has 1 atom stereocenters. The van der Waals surface area contributed by atoms with Crippen molar-refractivity contribution in [3.63, 3.8) is 0 Å². The van der Waals surface area contributed by atoms with E-state index in [2.05, 4.69) is 20.8 Å². The van der Waals surface area contributed by atoms with Gasteiger partial charge in [-0.25, -0.2) is 14.6 Å². The minimum absolute atomic E-state index is 0.311. The van der Waals surface area contributed by atoms with E-state index in [4.69, 9.17) is 0 Å². The van der Waals surface area contributed by atoms with Crippen molar-refractivity contribution in [2.24, 2.45) is 0 Å². The summed E-state index contributed by atoms with van der Waals surface area (Å²) >= 11 is 0. The van der Waals surface area contributed by atoms with Crippen molar-refractivity contribution in [2.45, 2.75) is 6.04 Å². The van der Waals surface area contributed by atoms with Crippen LogP contribution in [0.15, 0.2) is 18.2 Å². The Balaban J connectivity index is 2.46. The Labute approximate surface area is 121 Å². The molecule has 3 amide bonds. The average molecular weight is 292 g/mol. The molecule has 3 N–H and O–H groups in total. The van der Waals surface area contributed by atoms with Gasteiger partial charge in [0.25, 0.3) is 0 Å². The van der Waals surface area contributed by atoms with Gasteiger partial charge in [0.05, 0.1) is 18.4 Å². The first-order valence-corrected chi connectivity index (χ1v) is 6.25. The van der Waals surface area contributed by atoms with Crippen LogP contribution in [0, 0.1) is 0 Å². The summed E-state index contributed by atoms with van der Waals surface area (Å²) in [7, 11) is 4.22. The molecule has 8 heteroatoms. The normalized spacial score (nSPS) is 15.8. The van der Waals surface area contributed by atoms with Gasteiger partial charge in [0, 0.05) is 19.7 Å². The fourth-order valence-electron chi connectivity index (χ4n) is 2.15. The molecular weight excluding hydrogens is 276 g/mol. The zero-order valence-electron chi connectivity index (χ0n) is 11.9. The summed E-state index contributed by atoms with van der Waals surface area (Å²) in [6.45, 7) is 0. The summed E-state index contributed by atoms with van der Waals surface area (Å²) in [4.78, 5) is 35.5. The van der Waals surface area contributed by atoms with Crippen LogP contribution in [-0.2, 0) is 9.53 Å². The first-order chi connectivity index (χ1) is 10.0. The van der Waals surface area contributed by atoms with E-state index in [9.17, 15) is 14.4 Å². The van der Waals surface area contributed by atoms with Gasteiger partial charge < -0.3 is 15.4 Å². The van der Waals surface area contributed by atoms with Crippen molar-refractivity contribution in [1.82, 2.24) is 15.6 Å².